The Balaban J connectivity index is 2.39. The molecule has 0 aliphatic rings. The van der Waals surface area contributed by atoms with Crippen molar-refractivity contribution in [2.45, 2.75) is 6.92 Å². The van der Waals surface area contributed by atoms with Crippen LogP contribution in [0.15, 0.2) is 45.9 Å². The van der Waals surface area contributed by atoms with Crippen LogP contribution in [0.4, 0.5) is 5.69 Å². The van der Waals surface area contributed by atoms with Gasteiger partial charge in [-0.15, -0.1) is 11.3 Å². The van der Waals surface area contributed by atoms with Crippen molar-refractivity contribution < 1.29 is 9.59 Å². The van der Waals surface area contributed by atoms with Crippen LogP contribution in [-0.2, 0) is 4.79 Å². The van der Waals surface area contributed by atoms with Gasteiger partial charge in [0.05, 0.1) is 10.6 Å². The van der Waals surface area contributed by atoms with Gasteiger partial charge in [-0.3, -0.25) is 9.59 Å². The summed E-state index contributed by atoms with van der Waals surface area (Å²) in [6.45, 7) is 1.43. The van der Waals surface area contributed by atoms with Crippen LogP contribution in [0.5, 0.6) is 0 Å². The van der Waals surface area contributed by atoms with Gasteiger partial charge in [-0.2, -0.15) is 0 Å². The van der Waals surface area contributed by atoms with Gasteiger partial charge in [0.2, 0.25) is 0 Å². The van der Waals surface area contributed by atoms with E-state index < -0.39 is 5.91 Å². The zero-order chi connectivity index (χ0) is 16.3. The highest BCUT2D eigenvalue weighted by molar-refractivity contribution is 7.18. The number of anilines is 1. The molecule has 0 unspecified atom stereocenters. The van der Waals surface area contributed by atoms with Crippen LogP contribution in [0, 0.1) is 0 Å². The molecule has 2 rings (SSSR count). The van der Waals surface area contributed by atoms with E-state index in [1.165, 1.54) is 18.3 Å². The normalized spacial score (nSPS) is 10.2. The topological polar surface area (TPSA) is 46.2 Å². The van der Waals surface area contributed by atoms with Crippen LogP contribution in [0.3, 0.4) is 0 Å². The Labute approximate surface area is 146 Å². The molecule has 1 aromatic heterocycles. The van der Waals surface area contributed by atoms with Crippen LogP contribution in [0.25, 0.3) is 10.4 Å². The number of halogens is 3. The largest absolute Gasteiger partial charge is 0.320 e. The number of hydrogen-bond donors (Lipinski definition) is 1. The van der Waals surface area contributed by atoms with Crippen molar-refractivity contribution in [3.63, 3.8) is 0 Å². The zero-order valence-corrected chi connectivity index (χ0v) is 14.4. The van der Waals surface area contributed by atoms with Crippen molar-refractivity contribution in [1.82, 2.24) is 0 Å². The highest BCUT2D eigenvalue weighted by atomic mass is 35.5. The molecular formula is C15H10Cl3NO2S. The molecule has 114 valence electrons. The average Bonchev–Trinajstić information content (AvgIpc) is 2.91. The molecule has 1 amide bonds. The summed E-state index contributed by atoms with van der Waals surface area (Å²) in [6.07, 6.45) is 0. The quantitative estimate of drug-likeness (QED) is 0.572. The Morgan fingerprint density at radius 2 is 1.73 bits per heavy atom. The van der Waals surface area contributed by atoms with Crippen LogP contribution in [0.1, 0.15) is 16.6 Å². The number of thiophene rings is 1. The first-order valence-corrected chi connectivity index (χ1v) is 8.07. The fourth-order valence-electron chi connectivity index (χ4n) is 1.75. The van der Waals surface area contributed by atoms with E-state index in [0.29, 0.717) is 10.6 Å². The molecule has 0 spiro atoms. The van der Waals surface area contributed by atoms with E-state index in [1.807, 2.05) is 30.3 Å². The number of nitrogens with one attached hydrogen (secondary N) is 1. The van der Waals surface area contributed by atoms with Crippen LogP contribution in [0.2, 0.25) is 0 Å². The molecule has 0 aliphatic carbocycles. The maximum absolute atomic E-state index is 11.9. The second-order valence-electron chi connectivity index (χ2n) is 4.30. The summed E-state index contributed by atoms with van der Waals surface area (Å²) in [5.74, 6) is -0.818. The van der Waals surface area contributed by atoms with Crippen LogP contribution < -0.4 is 5.32 Å². The first-order valence-electron chi connectivity index (χ1n) is 6.12. The van der Waals surface area contributed by atoms with Gasteiger partial charge in [0, 0.05) is 11.8 Å². The van der Waals surface area contributed by atoms with E-state index in [2.05, 4.69) is 5.32 Å². The number of benzene rings is 1. The molecule has 1 aromatic carbocycles. The number of hydrogen-bond acceptors (Lipinski definition) is 3. The van der Waals surface area contributed by atoms with Gasteiger partial charge in [-0.25, -0.2) is 0 Å². The van der Waals surface area contributed by atoms with Gasteiger partial charge < -0.3 is 5.32 Å². The highest BCUT2D eigenvalue weighted by Crippen LogP contribution is 2.35. The van der Waals surface area contributed by atoms with Crippen LogP contribution >= 0.6 is 46.1 Å². The van der Waals surface area contributed by atoms with Crippen molar-refractivity contribution in [3.8, 4) is 10.4 Å². The van der Waals surface area contributed by atoms with Gasteiger partial charge in [-0.1, -0.05) is 65.1 Å². The molecule has 0 bridgehead atoms. The molecule has 0 atom stereocenters. The van der Waals surface area contributed by atoms with E-state index in [0.717, 1.165) is 10.4 Å². The van der Waals surface area contributed by atoms with E-state index in [-0.39, 0.29) is 15.3 Å². The molecule has 7 heteroatoms. The van der Waals surface area contributed by atoms with Gasteiger partial charge >= 0.3 is 0 Å². The molecule has 2 aromatic rings. The van der Waals surface area contributed by atoms with Crippen molar-refractivity contribution >= 4 is 63.5 Å². The van der Waals surface area contributed by atoms with E-state index in [9.17, 15) is 9.59 Å². The van der Waals surface area contributed by atoms with Crippen molar-refractivity contribution in [1.29, 1.82) is 0 Å². The molecule has 1 heterocycles. The maximum Gasteiger partial charge on any atom is 0.269 e. The average molecular weight is 375 g/mol. The lowest BCUT2D eigenvalue weighted by Crippen LogP contribution is -2.13. The zero-order valence-electron chi connectivity index (χ0n) is 11.3. The third kappa shape index (κ3) is 3.90. The van der Waals surface area contributed by atoms with Gasteiger partial charge in [0.1, 0.15) is 9.52 Å². The molecule has 22 heavy (non-hydrogen) atoms. The lowest BCUT2D eigenvalue weighted by molar-refractivity contribution is -0.112. The molecule has 1 N–H and O–H groups in total. The van der Waals surface area contributed by atoms with Gasteiger partial charge in [0.15, 0.2) is 5.78 Å². The summed E-state index contributed by atoms with van der Waals surface area (Å²) in [5, 5.41) is 2.23. The summed E-state index contributed by atoms with van der Waals surface area (Å²) in [6, 6.07) is 11.3. The minimum Gasteiger partial charge on any atom is -0.320 e. The second-order valence-corrected chi connectivity index (χ2v) is 6.68. The standard InChI is InChI=1S/C15H10Cl3NO2S/c1-8(20)13-10(19-15(21)12(16)14(17)18)7-11(22-13)9-5-3-2-4-6-9/h2-7H,1H3,(H,19,21). The number of carbonyl (C=O) groups excluding carboxylic acids is 2. The molecule has 0 radical (unpaired) electrons. The van der Waals surface area contributed by atoms with E-state index in [1.54, 1.807) is 6.07 Å². The fourth-order valence-corrected chi connectivity index (χ4v) is 2.99. The van der Waals surface area contributed by atoms with Crippen LogP contribution in [-0.4, -0.2) is 11.7 Å². The molecular weight excluding hydrogens is 365 g/mol. The molecule has 0 saturated carbocycles. The monoisotopic (exact) mass is 373 g/mol. The molecule has 0 saturated heterocycles. The Morgan fingerprint density at radius 1 is 1.09 bits per heavy atom. The molecule has 0 fully saturated rings. The summed E-state index contributed by atoms with van der Waals surface area (Å²) in [5.41, 5.74) is 1.33. The fraction of sp³-hybridized carbons (Fsp3) is 0.0667. The number of Topliss-reactive ketones (excluding diaryl/α,β-unsaturated/α-hetero) is 1. The summed E-state index contributed by atoms with van der Waals surface area (Å²) in [4.78, 5) is 24.9. The lowest BCUT2D eigenvalue weighted by atomic mass is 10.2. The van der Waals surface area contributed by atoms with E-state index >= 15 is 0 Å². The number of rotatable bonds is 4. The number of ketones is 1. The van der Waals surface area contributed by atoms with Crippen molar-refractivity contribution in [2.75, 3.05) is 5.32 Å². The Morgan fingerprint density at radius 3 is 2.27 bits per heavy atom. The predicted octanol–water partition coefficient (Wildman–Crippen LogP) is 5.44. The Hall–Kier alpha value is -1.33. The predicted molar refractivity (Wildman–Crippen MR) is 93.0 cm³/mol. The van der Waals surface area contributed by atoms with Crippen molar-refractivity contribution in [3.05, 3.63) is 50.8 Å². The Kier molecular flexibility index (Phi) is 5.64. The first-order chi connectivity index (χ1) is 10.4. The summed E-state index contributed by atoms with van der Waals surface area (Å²) in [7, 11) is 0. The number of amides is 1. The first kappa shape index (κ1) is 17.0. The van der Waals surface area contributed by atoms with Gasteiger partial charge in [0.25, 0.3) is 5.91 Å². The minimum absolute atomic E-state index is 0.153. The third-order valence-corrected chi connectivity index (χ3v) is 4.94. The number of carbonyl (C=O) groups is 2. The SMILES string of the molecule is CC(=O)c1sc(-c2ccccc2)cc1NC(=O)C(Cl)=C(Cl)Cl. The van der Waals surface area contributed by atoms with E-state index in [4.69, 9.17) is 34.8 Å². The van der Waals surface area contributed by atoms with Crippen molar-refractivity contribution in [2.24, 2.45) is 0 Å². The third-order valence-electron chi connectivity index (χ3n) is 2.72. The maximum atomic E-state index is 11.9. The lowest BCUT2D eigenvalue weighted by Gasteiger charge is -2.03. The summed E-state index contributed by atoms with van der Waals surface area (Å²) >= 11 is 17.9. The second kappa shape index (κ2) is 7.29. The summed E-state index contributed by atoms with van der Waals surface area (Å²) < 4.78 is -0.331. The molecule has 3 nitrogen and oxygen atoms in total. The highest BCUT2D eigenvalue weighted by Gasteiger charge is 2.18. The molecule has 0 aliphatic heterocycles. The minimum atomic E-state index is -0.665. The Bertz CT molecular complexity index is 749. The van der Waals surface area contributed by atoms with Gasteiger partial charge in [-0.05, 0) is 11.6 Å². The smallest absolute Gasteiger partial charge is 0.269 e.